The predicted octanol–water partition coefficient (Wildman–Crippen LogP) is 0.350. The van der Waals surface area contributed by atoms with Crippen LogP contribution < -0.4 is 0 Å². The van der Waals surface area contributed by atoms with Crippen LogP contribution in [0.15, 0.2) is 0 Å². The molecule has 0 aromatic rings. The van der Waals surface area contributed by atoms with Crippen LogP contribution in [0.1, 0.15) is 27.2 Å². The molecule has 0 aromatic heterocycles. The van der Waals surface area contributed by atoms with E-state index >= 15 is 0 Å². The molecule has 0 radical (unpaired) electrons. The average molecular weight is 336 g/mol. The largest absolute Gasteiger partial charge is 0.443 e. The summed E-state index contributed by atoms with van der Waals surface area (Å²) in [5.41, 5.74) is -1.31. The molecule has 4 atom stereocenters. The quantitative estimate of drug-likeness (QED) is 0.424. The molecule has 8 nitrogen and oxygen atoms in total. The average Bonchev–Trinajstić information content (AvgIpc) is 2.39. The summed E-state index contributed by atoms with van der Waals surface area (Å²) < 4.78 is 10.6. The van der Waals surface area contributed by atoms with Crippen molar-refractivity contribution in [2.45, 2.75) is 56.5 Å². The molecule has 0 saturated carbocycles. The third kappa shape index (κ3) is 5.40. The van der Waals surface area contributed by atoms with Crippen LogP contribution in [0.25, 0.3) is 0 Å². The summed E-state index contributed by atoms with van der Waals surface area (Å²) in [6.07, 6.45) is -3.71. The number of rotatable bonds is 2. The highest BCUT2D eigenvalue weighted by Crippen LogP contribution is 2.29. The number of ether oxygens (including phenoxy) is 2. The molecule has 0 spiro atoms. The molecule has 4 unspecified atom stereocenters. The minimum absolute atomic E-state index is 0.0902. The standard InChI is InChI=1S/C13H24N2O6S/c1-13(2,3)21-12(19)15(4)11(14)22-9-5-7(17)10(18)8(6-16)20-9/h7-10,14,16-18H,5-6H2,1-4H3. The first kappa shape index (κ1) is 19.2. The lowest BCUT2D eigenvalue weighted by molar-refractivity contribution is -0.156. The van der Waals surface area contributed by atoms with E-state index in [9.17, 15) is 15.0 Å². The first-order valence-electron chi connectivity index (χ1n) is 6.89. The van der Waals surface area contributed by atoms with Gasteiger partial charge in [-0.15, -0.1) is 0 Å². The molecule has 0 bridgehead atoms. The Hall–Kier alpha value is -0.870. The molecule has 4 N–H and O–H groups in total. The lowest BCUT2D eigenvalue weighted by Crippen LogP contribution is -2.49. The van der Waals surface area contributed by atoms with Gasteiger partial charge in [0.1, 0.15) is 23.2 Å². The highest BCUT2D eigenvalue weighted by molar-refractivity contribution is 8.14. The molecule has 1 amide bonds. The Labute approximate surface area is 133 Å². The van der Waals surface area contributed by atoms with Gasteiger partial charge in [-0.1, -0.05) is 11.8 Å². The van der Waals surface area contributed by atoms with Gasteiger partial charge in [-0.3, -0.25) is 10.3 Å². The predicted molar refractivity (Wildman–Crippen MR) is 81.7 cm³/mol. The van der Waals surface area contributed by atoms with Crippen LogP contribution in [0.5, 0.6) is 0 Å². The second-order valence-electron chi connectivity index (χ2n) is 6.04. The number of nitrogens with one attached hydrogen (secondary N) is 1. The van der Waals surface area contributed by atoms with Crippen molar-refractivity contribution in [1.82, 2.24) is 4.90 Å². The molecule has 9 heteroatoms. The van der Waals surface area contributed by atoms with Crippen LogP contribution in [0.4, 0.5) is 4.79 Å². The minimum atomic E-state index is -1.17. The number of carbonyl (C=O) groups excluding carboxylic acids is 1. The van der Waals surface area contributed by atoms with E-state index in [4.69, 9.17) is 20.0 Å². The van der Waals surface area contributed by atoms with Gasteiger partial charge in [0.15, 0.2) is 5.17 Å². The smallest absolute Gasteiger partial charge is 0.416 e. The molecule has 1 fully saturated rings. The molecule has 0 aromatic carbocycles. The summed E-state index contributed by atoms with van der Waals surface area (Å²) in [6.45, 7) is 4.74. The van der Waals surface area contributed by atoms with Crippen molar-refractivity contribution < 1.29 is 29.6 Å². The lowest BCUT2D eigenvalue weighted by Gasteiger charge is -2.36. The zero-order valence-corrected chi connectivity index (χ0v) is 14.0. The Morgan fingerprint density at radius 1 is 1.45 bits per heavy atom. The molecule has 1 aliphatic rings. The number of amides is 1. The molecule has 1 heterocycles. The van der Waals surface area contributed by atoms with E-state index in [0.29, 0.717) is 0 Å². The van der Waals surface area contributed by atoms with E-state index in [0.717, 1.165) is 16.7 Å². The van der Waals surface area contributed by atoms with Crippen molar-refractivity contribution in [1.29, 1.82) is 5.41 Å². The Balaban J connectivity index is 2.59. The zero-order chi connectivity index (χ0) is 17.1. The molecule has 22 heavy (non-hydrogen) atoms. The number of amidine groups is 1. The van der Waals surface area contributed by atoms with Crippen molar-refractivity contribution in [3.8, 4) is 0 Å². The number of carbonyl (C=O) groups is 1. The SMILES string of the molecule is CN(C(=N)SC1CC(O)C(O)C(CO)O1)C(=O)OC(C)(C)C. The van der Waals surface area contributed by atoms with Crippen LogP contribution in [0, 0.1) is 5.41 Å². The highest BCUT2D eigenvalue weighted by atomic mass is 32.2. The monoisotopic (exact) mass is 336 g/mol. The summed E-state index contributed by atoms with van der Waals surface area (Å²) in [5.74, 6) is 0. The van der Waals surface area contributed by atoms with E-state index < -0.39 is 42.0 Å². The van der Waals surface area contributed by atoms with Crippen molar-refractivity contribution in [3.63, 3.8) is 0 Å². The van der Waals surface area contributed by atoms with Gasteiger partial charge in [-0.2, -0.15) is 0 Å². The van der Waals surface area contributed by atoms with E-state index in [1.165, 1.54) is 7.05 Å². The fourth-order valence-corrected chi connectivity index (χ4v) is 2.73. The number of thioether (sulfide) groups is 1. The summed E-state index contributed by atoms with van der Waals surface area (Å²) in [7, 11) is 1.40. The molecular weight excluding hydrogens is 312 g/mol. The van der Waals surface area contributed by atoms with Crippen LogP contribution >= 0.6 is 11.8 Å². The normalized spacial score (nSPS) is 29.0. The summed E-state index contributed by atoms with van der Waals surface area (Å²) in [4.78, 5) is 12.9. The molecule has 1 rings (SSSR count). The topological polar surface area (TPSA) is 123 Å². The number of aliphatic hydroxyl groups is 3. The second-order valence-corrected chi connectivity index (χ2v) is 7.19. The third-order valence-electron chi connectivity index (χ3n) is 2.93. The van der Waals surface area contributed by atoms with E-state index in [1.807, 2.05) is 0 Å². The van der Waals surface area contributed by atoms with E-state index in [-0.39, 0.29) is 11.6 Å². The summed E-state index contributed by atoms with van der Waals surface area (Å²) in [5, 5.41) is 36.3. The second kappa shape index (κ2) is 7.60. The van der Waals surface area contributed by atoms with Gasteiger partial charge < -0.3 is 24.8 Å². The number of hydrogen-bond acceptors (Lipinski definition) is 8. The molecule has 0 aliphatic carbocycles. The Morgan fingerprint density at radius 3 is 2.55 bits per heavy atom. The number of hydrogen-bond donors (Lipinski definition) is 4. The highest BCUT2D eigenvalue weighted by Gasteiger charge is 2.37. The van der Waals surface area contributed by atoms with Gasteiger partial charge in [0.05, 0.1) is 12.7 Å². The first-order valence-corrected chi connectivity index (χ1v) is 7.77. The fraction of sp³-hybridized carbons (Fsp3) is 0.846. The van der Waals surface area contributed by atoms with E-state index in [2.05, 4.69) is 0 Å². The number of aliphatic hydroxyl groups excluding tert-OH is 3. The zero-order valence-electron chi connectivity index (χ0n) is 13.1. The minimum Gasteiger partial charge on any atom is -0.443 e. The number of nitrogens with zero attached hydrogens (tertiary/aromatic N) is 1. The molecule has 128 valence electrons. The summed E-state index contributed by atoms with van der Waals surface area (Å²) >= 11 is 0.912. The van der Waals surface area contributed by atoms with Gasteiger partial charge in [0.2, 0.25) is 0 Å². The Bertz CT molecular complexity index is 414. The maximum absolute atomic E-state index is 11.9. The first-order chi connectivity index (χ1) is 10.0. The van der Waals surface area contributed by atoms with Crippen LogP contribution in [-0.4, -0.2) is 74.5 Å². The fourth-order valence-electron chi connectivity index (χ4n) is 1.76. The maximum Gasteiger partial charge on any atom is 0.416 e. The Kier molecular flexibility index (Phi) is 6.63. The van der Waals surface area contributed by atoms with Crippen molar-refractivity contribution in [2.75, 3.05) is 13.7 Å². The summed E-state index contributed by atoms with van der Waals surface area (Å²) in [6, 6.07) is 0. The van der Waals surface area contributed by atoms with Gasteiger partial charge in [-0.05, 0) is 20.8 Å². The van der Waals surface area contributed by atoms with Crippen LogP contribution in [0.2, 0.25) is 0 Å². The van der Waals surface area contributed by atoms with Gasteiger partial charge in [0.25, 0.3) is 0 Å². The van der Waals surface area contributed by atoms with Crippen LogP contribution in [0.3, 0.4) is 0 Å². The van der Waals surface area contributed by atoms with Crippen LogP contribution in [-0.2, 0) is 9.47 Å². The van der Waals surface area contributed by atoms with E-state index in [1.54, 1.807) is 20.8 Å². The van der Waals surface area contributed by atoms with Crippen molar-refractivity contribution in [3.05, 3.63) is 0 Å². The van der Waals surface area contributed by atoms with Gasteiger partial charge in [0, 0.05) is 13.5 Å². The van der Waals surface area contributed by atoms with Gasteiger partial charge >= 0.3 is 6.09 Å². The van der Waals surface area contributed by atoms with Crippen molar-refractivity contribution >= 4 is 23.0 Å². The van der Waals surface area contributed by atoms with Gasteiger partial charge in [-0.25, -0.2) is 4.79 Å². The Morgan fingerprint density at radius 2 is 2.05 bits per heavy atom. The maximum atomic E-state index is 11.9. The molecular formula is C13H24N2O6S. The van der Waals surface area contributed by atoms with Crippen molar-refractivity contribution in [2.24, 2.45) is 0 Å². The molecule has 1 saturated heterocycles. The third-order valence-corrected chi connectivity index (χ3v) is 3.99. The lowest BCUT2D eigenvalue weighted by atomic mass is 10.0. The molecule has 1 aliphatic heterocycles.